The number of primary amides is 1. The molecule has 0 radical (unpaired) electrons. The molecule has 2 aliphatic rings. The smallest absolute Gasteiger partial charge is 0.244 e. The van der Waals surface area contributed by atoms with Crippen molar-refractivity contribution in [1.82, 2.24) is 10.2 Å². The number of aliphatic hydroxyl groups excluding tert-OH is 1. The van der Waals surface area contributed by atoms with Gasteiger partial charge in [0.25, 0.3) is 0 Å². The zero-order valence-electron chi connectivity index (χ0n) is 11.1. The molecule has 2 amide bonds. The number of aliphatic hydroxyl groups is 1. The number of nitrogens with one attached hydrogen (secondary N) is 1. The molecule has 0 saturated carbocycles. The Hall–Kier alpha value is -1.40. The Morgan fingerprint density at radius 1 is 1.58 bits per heavy atom. The molecule has 1 unspecified atom stereocenters. The van der Waals surface area contributed by atoms with Crippen LogP contribution in [-0.2, 0) is 9.59 Å². The van der Waals surface area contributed by atoms with Gasteiger partial charge in [-0.1, -0.05) is 12.2 Å². The van der Waals surface area contributed by atoms with Crippen molar-refractivity contribution in [1.29, 1.82) is 0 Å². The summed E-state index contributed by atoms with van der Waals surface area (Å²) < 4.78 is 0. The van der Waals surface area contributed by atoms with Crippen LogP contribution in [0.15, 0.2) is 12.2 Å². The third-order valence-corrected chi connectivity index (χ3v) is 3.93. The first-order chi connectivity index (χ1) is 8.98. The van der Waals surface area contributed by atoms with E-state index in [9.17, 15) is 14.7 Å². The molecule has 0 aromatic heterocycles. The van der Waals surface area contributed by atoms with Gasteiger partial charge in [-0.2, -0.15) is 0 Å². The third-order valence-electron chi connectivity index (χ3n) is 3.93. The molecule has 0 bridgehead atoms. The second-order valence-corrected chi connectivity index (χ2v) is 5.33. The maximum atomic E-state index is 12.7. The summed E-state index contributed by atoms with van der Waals surface area (Å²) in [6.45, 7) is 2.58. The first-order valence-corrected chi connectivity index (χ1v) is 6.66. The number of hydrogen-bond acceptors (Lipinski definition) is 4. The van der Waals surface area contributed by atoms with E-state index in [1.54, 1.807) is 0 Å². The molecular formula is C13H21N3O3. The highest BCUT2D eigenvalue weighted by Crippen LogP contribution is 2.29. The molecule has 3 atom stereocenters. The van der Waals surface area contributed by atoms with Crippen molar-refractivity contribution >= 4 is 11.8 Å². The SMILES string of the molecule is C[C@@H](O)[C@@H](C(N)=O)N1CC=CCC2(CCCN2)C1=O. The molecule has 0 aromatic carbocycles. The Bertz CT molecular complexity index is 400. The maximum Gasteiger partial charge on any atom is 0.244 e. The first-order valence-electron chi connectivity index (χ1n) is 6.66. The lowest BCUT2D eigenvalue weighted by atomic mass is 9.91. The second-order valence-electron chi connectivity index (χ2n) is 5.33. The molecule has 2 aliphatic heterocycles. The van der Waals surface area contributed by atoms with Gasteiger partial charge in [0.1, 0.15) is 11.6 Å². The standard InChI is InChI=1S/C13H21N3O3/c1-9(17)10(11(14)18)16-8-3-2-5-13(12(16)19)6-4-7-15-13/h2-3,9-10,15,17H,4-8H2,1H3,(H2,14,18)/t9-,10+,13?/m1/s1. The van der Waals surface area contributed by atoms with E-state index in [4.69, 9.17) is 5.73 Å². The molecule has 1 spiro atoms. The van der Waals surface area contributed by atoms with Crippen LogP contribution in [0.3, 0.4) is 0 Å². The highest BCUT2D eigenvalue weighted by atomic mass is 16.3. The van der Waals surface area contributed by atoms with Crippen molar-refractivity contribution in [3.63, 3.8) is 0 Å². The number of carbonyl (C=O) groups excluding carboxylic acids is 2. The van der Waals surface area contributed by atoms with Crippen molar-refractivity contribution in [3.05, 3.63) is 12.2 Å². The average Bonchev–Trinajstić information content (AvgIpc) is 2.74. The lowest BCUT2D eigenvalue weighted by Gasteiger charge is -2.36. The molecule has 4 N–H and O–H groups in total. The number of nitrogens with zero attached hydrogens (tertiary/aromatic N) is 1. The molecule has 106 valence electrons. The third kappa shape index (κ3) is 2.50. The summed E-state index contributed by atoms with van der Waals surface area (Å²) in [6.07, 6.45) is 5.13. The predicted octanol–water partition coefficient (Wildman–Crippen LogP) is -0.868. The molecule has 0 aliphatic carbocycles. The first kappa shape index (κ1) is 14.0. The van der Waals surface area contributed by atoms with Gasteiger partial charge in [0, 0.05) is 6.54 Å². The van der Waals surface area contributed by atoms with Crippen LogP contribution >= 0.6 is 0 Å². The summed E-state index contributed by atoms with van der Waals surface area (Å²) in [5.74, 6) is -0.813. The van der Waals surface area contributed by atoms with Gasteiger partial charge in [0.05, 0.1) is 6.10 Å². The Morgan fingerprint density at radius 2 is 2.32 bits per heavy atom. The maximum absolute atomic E-state index is 12.7. The Balaban J connectivity index is 2.30. The molecule has 0 aromatic rings. The highest BCUT2D eigenvalue weighted by molar-refractivity contribution is 5.92. The summed E-state index contributed by atoms with van der Waals surface area (Å²) in [5, 5.41) is 13.0. The molecule has 1 saturated heterocycles. The van der Waals surface area contributed by atoms with Crippen LogP contribution in [-0.4, -0.2) is 52.6 Å². The number of carbonyl (C=O) groups is 2. The minimum absolute atomic E-state index is 0.139. The van der Waals surface area contributed by atoms with E-state index in [0.717, 1.165) is 19.4 Å². The minimum atomic E-state index is -0.980. The molecule has 1 fully saturated rings. The van der Waals surface area contributed by atoms with Crippen LogP contribution in [0.5, 0.6) is 0 Å². The van der Waals surface area contributed by atoms with E-state index in [1.165, 1.54) is 11.8 Å². The van der Waals surface area contributed by atoms with Crippen molar-refractivity contribution in [2.24, 2.45) is 5.73 Å². The summed E-state index contributed by atoms with van der Waals surface area (Å²) in [6, 6.07) is -0.977. The van der Waals surface area contributed by atoms with Crippen LogP contribution in [0.25, 0.3) is 0 Å². The van der Waals surface area contributed by atoms with Gasteiger partial charge >= 0.3 is 0 Å². The predicted molar refractivity (Wildman–Crippen MR) is 70.1 cm³/mol. The van der Waals surface area contributed by atoms with Crippen LogP contribution in [0.1, 0.15) is 26.2 Å². The van der Waals surface area contributed by atoms with E-state index in [0.29, 0.717) is 13.0 Å². The van der Waals surface area contributed by atoms with Crippen LogP contribution in [0.2, 0.25) is 0 Å². The summed E-state index contributed by atoms with van der Waals surface area (Å²) in [7, 11) is 0. The van der Waals surface area contributed by atoms with Crippen molar-refractivity contribution < 1.29 is 14.7 Å². The normalized spacial score (nSPS) is 30.4. The second kappa shape index (κ2) is 5.30. The van der Waals surface area contributed by atoms with Gasteiger partial charge in [-0.15, -0.1) is 0 Å². The lowest BCUT2D eigenvalue weighted by molar-refractivity contribution is -0.147. The van der Waals surface area contributed by atoms with Crippen molar-refractivity contribution in [2.45, 2.75) is 43.9 Å². The lowest BCUT2D eigenvalue weighted by Crippen LogP contribution is -2.61. The quantitative estimate of drug-likeness (QED) is 0.579. The fraction of sp³-hybridized carbons (Fsp3) is 0.692. The molecule has 2 heterocycles. The van der Waals surface area contributed by atoms with E-state index in [1.807, 2.05) is 12.2 Å². The number of rotatable bonds is 3. The molecule has 6 nitrogen and oxygen atoms in total. The van der Waals surface area contributed by atoms with Crippen LogP contribution < -0.4 is 11.1 Å². The molecule has 2 rings (SSSR count). The highest BCUT2D eigenvalue weighted by Gasteiger charge is 2.46. The number of nitrogens with two attached hydrogens (primary N) is 1. The van der Waals surface area contributed by atoms with Crippen LogP contribution in [0.4, 0.5) is 0 Å². The molecule has 19 heavy (non-hydrogen) atoms. The van der Waals surface area contributed by atoms with Gasteiger partial charge < -0.3 is 21.1 Å². The fourth-order valence-electron chi connectivity index (χ4n) is 2.97. The molecule has 6 heteroatoms. The van der Waals surface area contributed by atoms with E-state index >= 15 is 0 Å². The number of amides is 2. The zero-order chi connectivity index (χ0) is 14.0. The van der Waals surface area contributed by atoms with E-state index in [2.05, 4.69) is 5.32 Å². The largest absolute Gasteiger partial charge is 0.391 e. The topological polar surface area (TPSA) is 95.7 Å². The Kier molecular flexibility index (Phi) is 3.91. The summed E-state index contributed by atoms with van der Waals surface area (Å²) >= 11 is 0. The Morgan fingerprint density at radius 3 is 2.84 bits per heavy atom. The summed E-state index contributed by atoms with van der Waals surface area (Å²) in [5.41, 5.74) is 4.70. The Labute approximate surface area is 112 Å². The van der Waals surface area contributed by atoms with Crippen molar-refractivity contribution in [3.8, 4) is 0 Å². The minimum Gasteiger partial charge on any atom is -0.391 e. The van der Waals surface area contributed by atoms with Crippen molar-refractivity contribution in [2.75, 3.05) is 13.1 Å². The zero-order valence-corrected chi connectivity index (χ0v) is 11.1. The van der Waals surface area contributed by atoms with E-state index in [-0.39, 0.29) is 5.91 Å². The fourth-order valence-corrected chi connectivity index (χ4v) is 2.97. The summed E-state index contributed by atoms with van der Waals surface area (Å²) in [4.78, 5) is 25.6. The van der Waals surface area contributed by atoms with Gasteiger partial charge in [-0.05, 0) is 32.7 Å². The van der Waals surface area contributed by atoms with E-state index < -0.39 is 23.6 Å². The van der Waals surface area contributed by atoms with Gasteiger partial charge in [-0.25, -0.2) is 0 Å². The average molecular weight is 267 g/mol. The van der Waals surface area contributed by atoms with Gasteiger partial charge in [0.2, 0.25) is 11.8 Å². The molecular weight excluding hydrogens is 246 g/mol. The monoisotopic (exact) mass is 267 g/mol. The number of hydrogen-bond donors (Lipinski definition) is 3. The van der Waals surface area contributed by atoms with Crippen LogP contribution in [0, 0.1) is 0 Å². The van der Waals surface area contributed by atoms with Gasteiger partial charge in [0.15, 0.2) is 0 Å². The van der Waals surface area contributed by atoms with Gasteiger partial charge in [-0.3, -0.25) is 9.59 Å².